The second-order valence-electron chi connectivity index (χ2n) is 5.13. The Morgan fingerprint density at radius 3 is 2.61 bits per heavy atom. The molecule has 0 saturated carbocycles. The van der Waals surface area contributed by atoms with E-state index in [-0.39, 0.29) is 5.54 Å². The SMILES string of the molecule is CCN(Cc1ccncc1)CC1(N)CCOCC1. The molecule has 1 aliphatic heterocycles. The molecule has 2 N–H and O–H groups in total. The lowest BCUT2D eigenvalue weighted by Crippen LogP contribution is -2.53. The zero-order valence-electron chi connectivity index (χ0n) is 11.1. The first kappa shape index (κ1) is 13.5. The van der Waals surface area contributed by atoms with Crippen LogP contribution in [-0.2, 0) is 11.3 Å². The maximum atomic E-state index is 6.46. The average molecular weight is 249 g/mol. The van der Waals surface area contributed by atoms with Crippen LogP contribution in [0.3, 0.4) is 0 Å². The molecule has 1 aromatic heterocycles. The number of pyridine rings is 1. The van der Waals surface area contributed by atoms with Gasteiger partial charge in [-0.1, -0.05) is 6.92 Å². The van der Waals surface area contributed by atoms with Gasteiger partial charge in [-0.15, -0.1) is 0 Å². The quantitative estimate of drug-likeness (QED) is 0.857. The number of likely N-dealkylation sites (N-methyl/N-ethyl adjacent to an activating group) is 1. The van der Waals surface area contributed by atoms with Crippen LogP contribution < -0.4 is 5.73 Å². The second kappa shape index (κ2) is 6.27. The minimum Gasteiger partial charge on any atom is -0.381 e. The molecule has 0 atom stereocenters. The summed E-state index contributed by atoms with van der Waals surface area (Å²) in [5.74, 6) is 0. The van der Waals surface area contributed by atoms with Gasteiger partial charge in [0.1, 0.15) is 0 Å². The van der Waals surface area contributed by atoms with E-state index in [1.54, 1.807) is 0 Å². The highest BCUT2D eigenvalue weighted by atomic mass is 16.5. The first-order valence-corrected chi connectivity index (χ1v) is 6.70. The van der Waals surface area contributed by atoms with E-state index in [9.17, 15) is 0 Å². The van der Waals surface area contributed by atoms with Gasteiger partial charge in [-0.05, 0) is 37.1 Å². The Hall–Kier alpha value is -0.970. The van der Waals surface area contributed by atoms with Gasteiger partial charge in [0.15, 0.2) is 0 Å². The number of aromatic nitrogens is 1. The zero-order valence-corrected chi connectivity index (χ0v) is 11.1. The number of hydrogen-bond donors (Lipinski definition) is 1. The van der Waals surface area contributed by atoms with Crippen molar-refractivity contribution in [2.75, 3.05) is 26.3 Å². The molecule has 1 fully saturated rings. The van der Waals surface area contributed by atoms with Crippen molar-refractivity contribution < 1.29 is 4.74 Å². The van der Waals surface area contributed by atoms with Gasteiger partial charge < -0.3 is 10.5 Å². The van der Waals surface area contributed by atoms with Crippen molar-refractivity contribution in [1.82, 2.24) is 9.88 Å². The van der Waals surface area contributed by atoms with Crippen LogP contribution in [0.4, 0.5) is 0 Å². The van der Waals surface area contributed by atoms with Gasteiger partial charge in [-0.2, -0.15) is 0 Å². The third-order valence-corrected chi connectivity index (χ3v) is 3.63. The van der Waals surface area contributed by atoms with Crippen LogP contribution in [0.25, 0.3) is 0 Å². The van der Waals surface area contributed by atoms with Crippen LogP contribution in [0, 0.1) is 0 Å². The number of rotatable bonds is 5. The molecule has 2 heterocycles. The Balaban J connectivity index is 1.92. The summed E-state index contributed by atoms with van der Waals surface area (Å²) in [6.45, 7) is 6.67. The van der Waals surface area contributed by atoms with Gasteiger partial charge >= 0.3 is 0 Å². The molecule has 1 aromatic rings. The van der Waals surface area contributed by atoms with E-state index < -0.39 is 0 Å². The average Bonchev–Trinajstić information content (AvgIpc) is 2.40. The number of nitrogens with zero attached hydrogens (tertiary/aromatic N) is 2. The smallest absolute Gasteiger partial charge is 0.0484 e. The van der Waals surface area contributed by atoms with Crippen LogP contribution in [0.15, 0.2) is 24.5 Å². The summed E-state index contributed by atoms with van der Waals surface area (Å²) in [5, 5.41) is 0. The molecule has 100 valence electrons. The van der Waals surface area contributed by atoms with E-state index in [1.807, 2.05) is 12.4 Å². The fraction of sp³-hybridized carbons (Fsp3) is 0.643. The lowest BCUT2D eigenvalue weighted by Gasteiger charge is -2.37. The van der Waals surface area contributed by atoms with Crippen LogP contribution in [0.2, 0.25) is 0 Å². The van der Waals surface area contributed by atoms with E-state index in [2.05, 4.69) is 28.9 Å². The molecule has 1 aliphatic rings. The fourth-order valence-electron chi connectivity index (χ4n) is 2.41. The minimum atomic E-state index is -0.0821. The third kappa shape index (κ3) is 3.77. The zero-order chi connectivity index (χ0) is 12.8. The Bertz CT molecular complexity index is 349. The number of nitrogens with two attached hydrogens (primary N) is 1. The topological polar surface area (TPSA) is 51.4 Å². The molecular formula is C14H23N3O. The standard InChI is InChI=1S/C14H23N3O/c1-2-17(11-13-3-7-16-8-4-13)12-14(15)5-9-18-10-6-14/h3-4,7-8H,2,5-6,9-12,15H2,1H3. The Morgan fingerprint density at radius 2 is 2.00 bits per heavy atom. The molecule has 0 aromatic carbocycles. The van der Waals surface area contributed by atoms with Gasteiger partial charge in [0.25, 0.3) is 0 Å². The molecule has 1 saturated heterocycles. The van der Waals surface area contributed by atoms with Crippen molar-refractivity contribution in [2.24, 2.45) is 5.73 Å². The van der Waals surface area contributed by atoms with Crippen molar-refractivity contribution in [1.29, 1.82) is 0 Å². The van der Waals surface area contributed by atoms with Crippen LogP contribution in [-0.4, -0.2) is 41.7 Å². The number of ether oxygens (including phenoxy) is 1. The summed E-state index contributed by atoms with van der Waals surface area (Å²) in [5.41, 5.74) is 7.67. The third-order valence-electron chi connectivity index (χ3n) is 3.63. The molecule has 2 rings (SSSR count). The van der Waals surface area contributed by atoms with Gasteiger partial charge in [0, 0.05) is 44.2 Å². The Labute approximate surface area is 109 Å². The molecule has 0 radical (unpaired) electrons. The molecule has 0 bridgehead atoms. The van der Waals surface area contributed by atoms with Crippen molar-refractivity contribution in [2.45, 2.75) is 31.8 Å². The highest BCUT2D eigenvalue weighted by Gasteiger charge is 2.29. The molecule has 18 heavy (non-hydrogen) atoms. The van der Waals surface area contributed by atoms with Crippen molar-refractivity contribution >= 4 is 0 Å². The summed E-state index contributed by atoms with van der Waals surface area (Å²) >= 11 is 0. The summed E-state index contributed by atoms with van der Waals surface area (Å²) in [6, 6.07) is 4.13. The summed E-state index contributed by atoms with van der Waals surface area (Å²) in [6.07, 6.45) is 5.60. The summed E-state index contributed by atoms with van der Waals surface area (Å²) in [4.78, 5) is 6.45. The van der Waals surface area contributed by atoms with E-state index >= 15 is 0 Å². The molecule has 0 aliphatic carbocycles. The maximum Gasteiger partial charge on any atom is 0.0484 e. The largest absolute Gasteiger partial charge is 0.381 e. The first-order chi connectivity index (χ1) is 8.72. The van der Waals surface area contributed by atoms with Gasteiger partial charge in [-0.25, -0.2) is 0 Å². The van der Waals surface area contributed by atoms with Crippen LogP contribution in [0.5, 0.6) is 0 Å². The fourth-order valence-corrected chi connectivity index (χ4v) is 2.41. The predicted molar refractivity (Wildman–Crippen MR) is 72.2 cm³/mol. The molecule has 4 nitrogen and oxygen atoms in total. The second-order valence-corrected chi connectivity index (χ2v) is 5.13. The lowest BCUT2D eigenvalue weighted by molar-refractivity contribution is 0.0372. The number of hydrogen-bond acceptors (Lipinski definition) is 4. The van der Waals surface area contributed by atoms with E-state index in [0.29, 0.717) is 0 Å². The molecule has 0 amide bonds. The maximum absolute atomic E-state index is 6.46. The van der Waals surface area contributed by atoms with Gasteiger partial charge in [-0.3, -0.25) is 9.88 Å². The van der Waals surface area contributed by atoms with Crippen LogP contribution in [0.1, 0.15) is 25.3 Å². The van der Waals surface area contributed by atoms with E-state index in [0.717, 1.165) is 45.7 Å². The molecule has 0 spiro atoms. The molecular weight excluding hydrogens is 226 g/mol. The predicted octanol–water partition coefficient (Wildman–Crippen LogP) is 1.41. The lowest BCUT2D eigenvalue weighted by atomic mass is 9.90. The van der Waals surface area contributed by atoms with Gasteiger partial charge in [0.05, 0.1) is 0 Å². The van der Waals surface area contributed by atoms with Crippen molar-refractivity contribution in [3.63, 3.8) is 0 Å². The minimum absolute atomic E-state index is 0.0821. The van der Waals surface area contributed by atoms with Crippen molar-refractivity contribution in [3.05, 3.63) is 30.1 Å². The summed E-state index contributed by atoms with van der Waals surface area (Å²) < 4.78 is 5.39. The monoisotopic (exact) mass is 249 g/mol. The Kier molecular flexibility index (Phi) is 4.69. The molecule has 0 unspecified atom stereocenters. The van der Waals surface area contributed by atoms with Gasteiger partial charge in [0.2, 0.25) is 0 Å². The van der Waals surface area contributed by atoms with Crippen LogP contribution >= 0.6 is 0 Å². The van der Waals surface area contributed by atoms with E-state index in [1.165, 1.54) is 5.56 Å². The normalized spacial score (nSPS) is 19.1. The highest BCUT2D eigenvalue weighted by molar-refractivity contribution is 5.09. The van der Waals surface area contributed by atoms with E-state index in [4.69, 9.17) is 10.5 Å². The molecule has 4 heteroatoms. The van der Waals surface area contributed by atoms with Crippen molar-refractivity contribution in [3.8, 4) is 0 Å². The first-order valence-electron chi connectivity index (χ1n) is 6.70. The summed E-state index contributed by atoms with van der Waals surface area (Å²) in [7, 11) is 0. The highest BCUT2D eigenvalue weighted by Crippen LogP contribution is 2.19. The Morgan fingerprint density at radius 1 is 1.33 bits per heavy atom.